The Morgan fingerprint density at radius 3 is 2.65 bits per heavy atom. The molecule has 110 valence electrons. The predicted octanol–water partition coefficient (Wildman–Crippen LogP) is 2.97. The molecule has 0 aliphatic rings. The zero-order valence-corrected chi connectivity index (χ0v) is 12.1. The van der Waals surface area contributed by atoms with Crippen molar-refractivity contribution in [3.63, 3.8) is 0 Å². The first kappa shape index (κ1) is 16.1. The molecule has 1 aromatic rings. The Bertz CT molecular complexity index is 505. The van der Waals surface area contributed by atoms with Gasteiger partial charge in [0.25, 0.3) is 0 Å². The predicted molar refractivity (Wildman–Crippen MR) is 76.9 cm³/mol. The van der Waals surface area contributed by atoms with Gasteiger partial charge in [-0.15, -0.1) is 0 Å². The molecule has 1 rings (SSSR count). The van der Waals surface area contributed by atoms with Crippen molar-refractivity contribution in [3.8, 4) is 5.75 Å². The van der Waals surface area contributed by atoms with Gasteiger partial charge in [0.2, 0.25) is 0 Å². The number of nitrogens with one attached hydrogen (secondary N) is 2. The van der Waals surface area contributed by atoms with Crippen molar-refractivity contribution in [2.75, 3.05) is 19.0 Å². The van der Waals surface area contributed by atoms with Crippen LogP contribution in [0.2, 0.25) is 5.02 Å². The van der Waals surface area contributed by atoms with E-state index >= 15 is 0 Å². The highest BCUT2D eigenvalue weighted by molar-refractivity contribution is 6.34. The molecule has 0 aliphatic carbocycles. The number of ether oxygens (including phenoxy) is 1. The number of anilines is 1. The van der Waals surface area contributed by atoms with Crippen LogP contribution in [0.25, 0.3) is 0 Å². The van der Waals surface area contributed by atoms with Crippen molar-refractivity contribution in [3.05, 3.63) is 22.7 Å². The first-order valence-electron chi connectivity index (χ1n) is 6.15. The van der Waals surface area contributed by atoms with Gasteiger partial charge in [0, 0.05) is 12.6 Å². The molecule has 0 saturated heterocycles. The van der Waals surface area contributed by atoms with Crippen molar-refractivity contribution >= 4 is 29.3 Å². The number of halogens is 1. The van der Waals surface area contributed by atoms with E-state index in [1.807, 2.05) is 6.92 Å². The average molecular weight is 301 g/mol. The number of carbonyl (C=O) groups is 2. The maximum atomic E-state index is 11.6. The largest absolute Gasteiger partial charge is 0.496 e. The first-order valence-corrected chi connectivity index (χ1v) is 6.53. The summed E-state index contributed by atoms with van der Waals surface area (Å²) in [6, 6.07) is 2.22. The highest BCUT2D eigenvalue weighted by Gasteiger charge is 2.16. The molecule has 0 heterocycles. The maximum absolute atomic E-state index is 11.6. The van der Waals surface area contributed by atoms with E-state index in [1.165, 1.54) is 19.2 Å². The SMILES string of the molecule is CCCCNC(=O)Nc1cc(OC)c(C(=O)O)cc1Cl. The minimum absolute atomic E-state index is 0.0607. The van der Waals surface area contributed by atoms with Gasteiger partial charge in [-0.3, -0.25) is 0 Å². The molecular formula is C13H17ClN2O4. The number of amides is 2. The topological polar surface area (TPSA) is 87.7 Å². The quantitative estimate of drug-likeness (QED) is 0.705. The van der Waals surface area contributed by atoms with E-state index in [-0.39, 0.29) is 16.3 Å². The molecule has 0 spiro atoms. The van der Waals surface area contributed by atoms with Crippen LogP contribution in [0, 0.1) is 0 Å². The molecule has 3 N–H and O–H groups in total. The Morgan fingerprint density at radius 1 is 1.40 bits per heavy atom. The lowest BCUT2D eigenvalue weighted by atomic mass is 10.2. The number of rotatable bonds is 6. The smallest absolute Gasteiger partial charge is 0.339 e. The number of aromatic carboxylic acids is 1. The summed E-state index contributed by atoms with van der Waals surface area (Å²) in [5.74, 6) is -1.02. The summed E-state index contributed by atoms with van der Waals surface area (Å²) >= 11 is 5.95. The molecule has 0 unspecified atom stereocenters. The standard InChI is InChI=1S/C13H17ClN2O4/c1-3-4-5-15-13(19)16-10-7-11(20-2)8(12(17)18)6-9(10)14/h6-7H,3-5H2,1-2H3,(H,17,18)(H2,15,16,19). The summed E-state index contributed by atoms with van der Waals surface area (Å²) in [7, 11) is 1.35. The Morgan fingerprint density at radius 2 is 2.10 bits per heavy atom. The van der Waals surface area contributed by atoms with Crippen LogP contribution < -0.4 is 15.4 Å². The Hall–Kier alpha value is -1.95. The molecule has 1 aromatic carbocycles. The van der Waals surface area contributed by atoms with Crippen LogP contribution in [0.4, 0.5) is 10.5 Å². The fraction of sp³-hybridized carbons (Fsp3) is 0.385. The summed E-state index contributed by atoms with van der Waals surface area (Å²) in [6.45, 7) is 2.58. The van der Waals surface area contributed by atoms with Crippen LogP contribution in [0.15, 0.2) is 12.1 Å². The number of unbranched alkanes of at least 4 members (excludes halogenated alkanes) is 1. The molecule has 6 nitrogen and oxygen atoms in total. The molecular weight excluding hydrogens is 284 g/mol. The third-order valence-corrected chi connectivity index (χ3v) is 2.90. The van der Waals surface area contributed by atoms with Gasteiger partial charge in [-0.1, -0.05) is 24.9 Å². The van der Waals surface area contributed by atoms with Gasteiger partial charge in [0.05, 0.1) is 17.8 Å². The van der Waals surface area contributed by atoms with E-state index in [4.69, 9.17) is 21.4 Å². The molecule has 7 heteroatoms. The zero-order chi connectivity index (χ0) is 15.1. The summed E-state index contributed by atoms with van der Waals surface area (Å²) in [6.07, 6.45) is 1.85. The molecule has 0 fully saturated rings. The lowest BCUT2D eigenvalue weighted by Crippen LogP contribution is -2.29. The highest BCUT2D eigenvalue weighted by atomic mass is 35.5. The summed E-state index contributed by atoms with van der Waals surface area (Å²) in [5, 5.41) is 14.4. The minimum atomic E-state index is -1.15. The molecule has 0 saturated carbocycles. The number of carbonyl (C=O) groups excluding carboxylic acids is 1. The molecule has 20 heavy (non-hydrogen) atoms. The van der Waals surface area contributed by atoms with Gasteiger partial charge >= 0.3 is 12.0 Å². The third-order valence-electron chi connectivity index (χ3n) is 2.58. The van der Waals surface area contributed by atoms with E-state index < -0.39 is 12.0 Å². The second kappa shape index (κ2) is 7.59. The van der Waals surface area contributed by atoms with E-state index in [0.29, 0.717) is 12.2 Å². The molecule has 0 radical (unpaired) electrons. The maximum Gasteiger partial charge on any atom is 0.339 e. The number of methoxy groups -OCH3 is 1. The van der Waals surface area contributed by atoms with Crippen molar-refractivity contribution in [2.24, 2.45) is 0 Å². The average Bonchev–Trinajstić information content (AvgIpc) is 2.40. The van der Waals surface area contributed by atoms with Crippen LogP contribution in [0.1, 0.15) is 30.1 Å². The fourth-order valence-electron chi connectivity index (χ4n) is 1.53. The number of benzene rings is 1. The van der Waals surface area contributed by atoms with Crippen molar-refractivity contribution < 1.29 is 19.4 Å². The number of urea groups is 1. The van der Waals surface area contributed by atoms with Crippen LogP contribution in [-0.4, -0.2) is 30.8 Å². The zero-order valence-electron chi connectivity index (χ0n) is 11.3. The number of carboxylic acid groups (broad SMARTS) is 1. The van der Waals surface area contributed by atoms with Gasteiger partial charge in [0.1, 0.15) is 11.3 Å². The third kappa shape index (κ3) is 4.31. The monoisotopic (exact) mass is 300 g/mol. The van der Waals surface area contributed by atoms with Gasteiger partial charge in [0.15, 0.2) is 0 Å². The number of hydrogen-bond donors (Lipinski definition) is 3. The van der Waals surface area contributed by atoms with Crippen LogP contribution in [-0.2, 0) is 0 Å². The van der Waals surface area contributed by atoms with Gasteiger partial charge in [-0.25, -0.2) is 9.59 Å². The van der Waals surface area contributed by atoms with Crippen LogP contribution in [0.5, 0.6) is 5.75 Å². The molecule has 0 bridgehead atoms. The fourth-order valence-corrected chi connectivity index (χ4v) is 1.74. The van der Waals surface area contributed by atoms with E-state index in [2.05, 4.69) is 10.6 Å². The summed E-state index contributed by atoms with van der Waals surface area (Å²) in [5.41, 5.74) is 0.233. The van der Waals surface area contributed by atoms with Gasteiger partial charge < -0.3 is 20.5 Å². The van der Waals surface area contributed by atoms with Crippen molar-refractivity contribution in [1.82, 2.24) is 5.32 Å². The molecule has 0 aliphatic heterocycles. The molecule has 2 amide bonds. The Balaban J connectivity index is 2.85. The number of carboxylic acids is 1. The lowest BCUT2D eigenvalue weighted by Gasteiger charge is -2.12. The Labute approximate surface area is 122 Å². The summed E-state index contributed by atoms with van der Waals surface area (Å²) < 4.78 is 4.97. The van der Waals surface area contributed by atoms with Gasteiger partial charge in [-0.2, -0.15) is 0 Å². The van der Waals surface area contributed by atoms with Gasteiger partial charge in [-0.05, 0) is 12.5 Å². The second-order valence-corrected chi connectivity index (χ2v) is 4.48. The molecule has 0 atom stereocenters. The second-order valence-electron chi connectivity index (χ2n) is 4.07. The normalized spacial score (nSPS) is 9.95. The molecule has 0 aromatic heterocycles. The van der Waals surface area contributed by atoms with Crippen LogP contribution >= 0.6 is 11.6 Å². The van der Waals surface area contributed by atoms with E-state index in [0.717, 1.165) is 12.8 Å². The first-order chi connectivity index (χ1) is 9.49. The Kier molecular flexibility index (Phi) is 6.11. The number of hydrogen-bond acceptors (Lipinski definition) is 3. The summed E-state index contributed by atoms with van der Waals surface area (Å²) in [4.78, 5) is 22.6. The van der Waals surface area contributed by atoms with Crippen LogP contribution in [0.3, 0.4) is 0 Å². The van der Waals surface area contributed by atoms with Crippen molar-refractivity contribution in [2.45, 2.75) is 19.8 Å². The van der Waals surface area contributed by atoms with E-state index in [1.54, 1.807) is 0 Å². The minimum Gasteiger partial charge on any atom is -0.496 e. The highest BCUT2D eigenvalue weighted by Crippen LogP contribution is 2.30. The van der Waals surface area contributed by atoms with Crippen molar-refractivity contribution in [1.29, 1.82) is 0 Å². The lowest BCUT2D eigenvalue weighted by molar-refractivity contribution is 0.0693. The van der Waals surface area contributed by atoms with E-state index in [9.17, 15) is 9.59 Å².